The normalized spacial score (nSPS) is 14.2. The smallest absolute Gasteiger partial charge is 0.744 e. The van der Waals surface area contributed by atoms with Crippen molar-refractivity contribution in [2.45, 2.75) is 9.79 Å². The molecule has 4 N–H and O–H groups in total. The Balaban J connectivity index is 0.00000392. The number of rotatable bonds is 10. The van der Waals surface area contributed by atoms with Crippen molar-refractivity contribution in [2.75, 3.05) is 16.3 Å². The van der Waals surface area contributed by atoms with Crippen molar-refractivity contribution >= 4 is 65.3 Å². The van der Waals surface area contributed by atoms with E-state index >= 15 is 0 Å². The van der Waals surface area contributed by atoms with Gasteiger partial charge in [-0.15, -0.1) is 10.2 Å². The number of hydrogen-bond acceptors (Lipinski definition) is 20. The molecule has 0 radical (unpaired) electrons. The van der Waals surface area contributed by atoms with Crippen LogP contribution in [0.25, 0.3) is 10.8 Å². The molecule has 0 bridgehead atoms. The van der Waals surface area contributed by atoms with E-state index in [9.17, 15) is 65.7 Å². The molecule has 0 fully saturated rings. The average molecular weight is 799 g/mol. The number of allylic oxidation sites excluding steroid dienone is 3. The van der Waals surface area contributed by atoms with Gasteiger partial charge >= 0.3 is 59.1 Å². The van der Waals surface area contributed by atoms with E-state index in [1.54, 1.807) is 0 Å². The minimum atomic E-state index is -5.26. The number of anilines is 3. The van der Waals surface area contributed by atoms with Crippen LogP contribution in [-0.4, -0.2) is 52.4 Å². The molecule has 0 spiro atoms. The number of phenols is 1. The monoisotopic (exact) mass is 798 g/mol. The first kappa shape index (κ1) is 43.4. The first-order chi connectivity index (χ1) is 24.3. The number of carbonyl (C=O) groups is 1. The van der Waals surface area contributed by atoms with Crippen molar-refractivity contribution in [2.24, 2.45) is 15.3 Å². The van der Waals surface area contributed by atoms with E-state index in [0.717, 1.165) is 30.4 Å². The van der Waals surface area contributed by atoms with Crippen LogP contribution in [0.15, 0.2) is 113 Å². The summed E-state index contributed by atoms with van der Waals surface area (Å²) in [6.07, 6.45) is 2.43. The summed E-state index contributed by atoms with van der Waals surface area (Å²) >= 11 is 0. The van der Waals surface area contributed by atoms with E-state index in [1.165, 1.54) is 12.1 Å². The molecule has 0 heterocycles. The summed E-state index contributed by atoms with van der Waals surface area (Å²) in [6.45, 7) is 0. The Labute approximate surface area is 344 Å². The maximum atomic E-state index is 13.5. The number of nitrogens with one attached hydrogen (secondary N) is 3. The summed E-state index contributed by atoms with van der Waals surface area (Å²) < 4.78 is 70.4. The number of ketones is 1. The third-order valence-corrected chi connectivity index (χ3v) is 8.49. The number of carbonyl (C=O) groups excluding carboxylic acids is 1. The molecule has 266 valence electrons. The summed E-state index contributed by atoms with van der Waals surface area (Å²) in [4.78, 5) is 57.6. The van der Waals surface area contributed by atoms with Gasteiger partial charge in [-0.3, -0.25) is 50.9 Å². The molecular formula is C28H16N8Na2O14S2. The molecule has 0 atom stereocenters. The molecule has 4 aromatic carbocycles. The Bertz CT molecular complexity index is 2800. The number of non-ortho nitro benzene ring substituents is 1. The molecule has 0 saturated heterocycles. The fraction of sp³-hybridized carbons (Fsp3) is 0. The van der Waals surface area contributed by atoms with Gasteiger partial charge in [-0.2, -0.15) is 5.10 Å². The number of aromatic hydroxyl groups is 1. The summed E-state index contributed by atoms with van der Waals surface area (Å²) in [5, 5.41) is 41.2. The van der Waals surface area contributed by atoms with Crippen molar-refractivity contribution in [1.82, 2.24) is 0 Å². The van der Waals surface area contributed by atoms with Crippen molar-refractivity contribution in [3.63, 3.8) is 0 Å². The van der Waals surface area contributed by atoms with Crippen LogP contribution in [0.2, 0.25) is 0 Å². The standard InChI is InChI=1S/C28H18N8O14S2.2Na/c37-23-9-16(36(43)44)5-6-19(23)30-34-26-27(39)21(32-29-14-1-3-15(4-2-14)35(41)42)12-22(28(26)40)33-31-20-10-17(51(45,46)47)7-13-8-18(52(48,49)50)11-24(38)25(13)20;;/h1-12,29,31,33,38H,(H,45,46,47)(H,48,49,50);;/q;2*+1/p-2/b30-19+,32-21-,34-26-;;. The van der Waals surface area contributed by atoms with E-state index in [0.29, 0.717) is 30.3 Å². The molecule has 54 heavy (non-hydrogen) atoms. The third kappa shape index (κ3) is 9.74. The Morgan fingerprint density at radius 3 is 1.87 bits per heavy atom. The quantitative estimate of drug-likeness (QED) is 0.0381. The molecular weight excluding hydrogens is 782 g/mol. The fourth-order valence-corrected chi connectivity index (χ4v) is 5.49. The van der Waals surface area contributed by atoms with E-state index in [4.69, 9.17) is 0 Å². The Kier molecular flexibility index (Phi) is 13.6. The Morgan fingerprint density at radius 2 is 1.31 bits per heavy atom. The summed E-state index contributed by atoms with van der Waals surface area (Å²) in [5.74, 6) is -1.87. The molecule has 0 saturated carbocycles. The van der Waals surface area contributed by atoms with Crippen LogP contribution in [0.3, 0.4) is 0 Å². The summed E-state index contributed by atoms with van der Waals surface area (Å²) in [6, 6.07) is 8.16. The summed E-state index contributed by atoms with van der Waals surface area (Å²) in [5.41, 5.74) is 2.45. The number of hydrogen-bond donors (Lipinski definition) is 4. The molecule has 0 aliphatic heterocycles. The van der Waals surface area contributed by atoms with Crippen LogP contribution in [-0.2, 0) is 25.0 Å². The van der Waals surface area contributed by atoms with Crippen molar-refractivity contribution in [1.29, 1.82) is 0 Å². The topological polar surface area (TPSA) is 345 Å². The molecule has 26 heteroatoms. The maximum Gasteiger partial charge on any atom is 1.00 e. The van der Waals surface area contributed by atoms with Gasteiger partial charge in [-0.25, -0.2) is 16.8 Å². The fourth-order valence-electron chi connectivity index (χ4n) is 4.43. The number of benzene rings is 4. The zero-order chi connectivity index (χ0) is 38.1. The predicted molar refractivity (Wildman–Crippen MR) is 175 cm³/mol. The largest absolute Gasteiger partial charge is 1.00 e. The van der Waals surface area contributed by atoms with Gasteiger partial charge in [0.15, 0.2) is 5.36 Å². The van der Waals surface area contributed by atoms with E-state index in [-0.39, 0.29) is 75.9 Å². The van der Waals surface area contributed by atoms with Gasteiger partial charge in [0.05, 0.1) is 37.1 Å². The van der Waals surface area contributed by atoms with Gasteiger partial charge < -0.3 is 14.2 Å². The second-order valence-corrected chi connectivity index (χ2v) is 13.0. The maximum absolute atomic E-state index is 13.5. The van der Waals surface area contributed by atoms with Gasteiger partial charge in [-0.05, 0) is 53.9 Å². The zero-order valence-electron chi connectivity index (χ0n) is 27.2. The number of fused-ring (bicyclic) bond motifs is 1. The molecule has 0 amide bonds. The minimum Gasteiger partial charge on any atom is -0.744 e. The zero-order valence-corrected chi connectivity index (χ0v) is 32.9. The van der Waals surface area contributed by atoms with Crippen molar-refractivity contribution in [3.8, 4) is 5.75 Å². The van der Waals surface area contributed by atoms with Crippen LogP contribution in [0.5, 0.6) is 5.75 Å². The van der Waals surface area contributed by atoms with Crippen LogP contribution < -0.4 is 97.0 Å². The first-order valence-electron chi connectivity index (χ1n) is 13.7. The van der Waals surface area contributed by atoms with Gasteiger partial charge in [0.1, 0.15) is 42.7 Å². The molecule has 1 aliphatic carbocycles. The number of nitro groups is 2. The van der Waals surface area contributed by atoms with E-state index < -0.39 is 101 Å². The van der Waals surface area contributed by atoms with Crippen molar-refractivity contribution in [3.05, 3.63) is 130 Å². The molecule has 5 rings (SSSR count). The van der Waals surface area contributed by atoms with Gasteiger partial charge in [0.25, 0.3) is 11.4 Å². The molecule has 22 nitrogen and oxygen atoms in total. The van der Waals surface area contributed by atoms with Crippen LogP contribution >= 0.6 is 0 Å². The SMILES string of the molecule is O=C1C=C([N+](=O)[O-])C=C/C1=N\N=c1/c(=O)c(NNc2cc(S(=O)(=O)[O-])cc3cc(S(=O)(=O)[O-])cc(O)c23)c/c(=N/Nc2ccc([N+](=O)[O-])cc2)c1=O.[Na+].[Na+]. The predicted octanol–water partition coefficient (Wildman–Crippen LogP) is -6.21. The number of nitro benzene ring substituents is 1. The first-order valence-corrected chi connectivity index (χ1v) is 16.5. The average Bonchev–Trinajstić information content (AvgIpc) is 3.06. The number of phenolic OH excluding ortho intramolecular Hbond substituents is 1. The van der Waals surface area contributed by atoms with Gasteiger partial charge in [-0.1, -0.05) is 0 Å². The number of nitrogens with zero attached hydrogens (tertiary/aromatic N) is 5. The molecule has 0 aromatic heterocycles. The van der Waals surface area contributed by atoms with Crippen LogP contribution in [0.4, 0.5) is 22.7 Å². The Morgan fingerprint density at radius 1 is 0.722 bits per heavy atom. The second kappa shape index (κ2) is 17.0. The molecule has 4 aromatic rings. The van der Waals surface area contributed by atoms with Gasteiger partial charge in [0.2, 0.25) is 16.6 Å². The number of hydrazine groups is 1. The van der Waals surface area contributed by atoms with E-state index in [1.807, 2.05) is 0 Å². The second-order valence-electron chi connectivity index (χ2n) is 10.3. The minimum absolute atomic E-state index is 0. The van der Waals surface area contributed by atoms with Crippen molar-refractivity contribution < 1.29 is 105 Å². The van der Waals surface area contributed by atoms with E-state index in [2.05, 4.69) is 31.6 Å². The molecule has 0 unspecified atom stereocenters. The third-order valence-electron chi connectivity index (χ3n) is 6.87. The van der Waals surface area contributed by atoms with Crippen LogP contribution in [0, 0.1) is 20.2 Å². The summed E-state index contributed by atoms with van der Waals surface area (Å²) in [7, 11) is -10.4. The van der Waals surface area contributed by atoms with Crippen LogP contribution in [0.1, 0.15) is 0 Å². The van der Waals surface area contributed by atoms with Gasteiger partial charge in [0, 0.05) is 23.6 Å². The Hall–Kier alpha value is -5.02. The molecule has 1 aliphatic rings.